The van der Waals surface area contributed by atoms with E-state index in [0.717, 1.165) is 4.31 Å². The molecule has 7 nitrogen and oxygen atoms in total. The Morgan fingerprint density at radius 3 is 2.21 bits per heavy atom. The number of benzene rings is 3. The van der Waals surface area contributed by atoms with E-state index < -0.39 is 34.0 Å². The van der Waals surface area contributed by atoms with Crippen molar-refractivity contribution in [3.8, 4) is 0 Å². The summed E-state index contributed by atoms with van der Waals surface area (Å²) in [4.78, 5) is 24.2. The number of anilines is 1. The van der Waals surface area contributed by atoms with Crippen LogP contribution < -0.4 is 10.0 Å². The van der Waals surface area contributed by atoms with Gasteiger partial charge in [-0.1, -0.05) is 41.4 Å². The summed E-state index contributed by atoms with van der Waals surface area (Å²) in [5.74, 6) is -1.36. The van der Waals surface area contributed by atoms with Crippen molar-refractivity contribution in [2.75, 3.05) is 10.8 Å². The van der Waals surface area contributed by atoms with Crippen molar-refractivity contribution in [1.82, 2.24) is 0 Å². The summed E-state index contributed by atoms with van der Waals surface area (Å²) >= 11 is 12.0. The summed E-state index contributed by atoms with van der Waals surface area (Å²) in [6.45, 7) is 4.45. The molecule has 0 aliphatic carbocycles. The first-order valence-electron chi connectivity index (χ1n) is 9.81. The summed E-state index contributed by atoms with van der Waals surface area (Å²) in [7, 11) is -4.27. The lowest BCUT2D eigenvalue weighted by molar-refractivity contribution is -0.152. The molecule has 33 heavy (non-hydrogen) atoms. The maximum Gasteiger partial charge on any atom is 0.327 e. The lowest BCUT2D eigenvalue weighted by Gasteiger charge is -2.27. The SMILES string of the molecule is CC(C)(C)OC(=O)CN(c1ccc2c(C(N)=O)cccc2c1)S(=O)(=O)c1cc(Cl)cc(Cl)c1. The Hall–Kier alpha value is -2.81. The van der Waals surface area contributed by atoms with Gasteiger partial charge in [-0.15, -0.1) is 0 Å². The van der Waals surface area contributed by atoms with Crippen LogP contribution in [0.4, 0.5) is 5.69 Å². The van der Waals surface area contributed by atoms with Gasteiger partial charge in [-0.25, -0.2) is 8.42 Å². The number of esters is 1. The molecule has 174 valence electrons. The van der Waals surface area contributed by atoms with Crippen molar-refractivity contribution in [3.63, 3.8) is 0 Å². The van der Waals surface area contributed by atoms with Crippen molar-refractivity contribution < 1.29 is 22.7 Å². The Balaban J connectivity index is 2.16. The fourth-order valence-corrected chi connectivity index (χ4v) is 5.38. The van der Waals surface area contributed by atoms with Gasteiger partial charge in [0, 0.05) is 15.6 Å². The Kier molecular flexibility index (Phi) is 6.93. The molecule has 10 heteroatoms. The van der Waals surface area contributed by atoms with Crippen molar-refractivity contribution in [2.45, 2.75) is 31.3 Å². The molecule has 0 saturated carbocycles. The summed E-state index contributed by atoms with van der Waals surface area (Å²) in [6.07, 6.45) is 0. The number of amides is 1. The highest BCUT2D eigenvalue weighted by Crippen LogP contribution is 2.31. The standard InChI is InChI=1S/C23H22Cl2N2O5S/c1-23(2,3)32-21(28)13-27(33(30,31)18-11-15(24)10-16(25)12-18)17-7-8-19-14(9-17)5-4-6-20(19)22(26)29/h4-12H,13H2,1-3H3,(H2,26,29). The number of halogens is 2. The molecule has 3 rings (SSSR count). The number of sulfonamides is 1. The second-order valence-corrected chi connectivity index (χ2v) is 11.0. The average molecular weight is 509 g/mol. The Morgan fingerprint density at radius 1 is 1.00 bits per heavy atom. The third kappa shape index (κ3) is 5.76. The molecule has 0 heterocycles. The van der Waals surface area contributed by atoms with Crippen LogP contribution in [0.1, 0.15) is 31.1 Å². The highest BCUT2D eigenvalue weighted by Gasteiger charge is 2.30. The molecule has 1 amide bonds. The average Bonchev–Trinajstić information content (AvgIpc) is 2.69. The largest absolute Gasteiger partial charge is 0.459 e. The molecule has 0 saturated heterocycles. The van der Waals surface area contributed by atoms with Crippen LogP contribution in [0.3, 0.4) is 0 Å². The molecule has 0 atom stereocenters. The first kappa shape index (κ1) is 24.8. The summed E-state index contributed by atoms with van der Waals surface area (Å²) in [5, 5.41) is 1.37. The van der Waals surface area contributed by atoms with Gasteiger partial charge in [0.05, 0.1) is 10.6 Å². The van der Waals surface area contributed by atoms with Gasteiger partial charge in [-0.3, -0.25) is 13.9 Å². The van der Waals surface area contributed by atoms with E-state index in [1.807, 2.05) is 0 Å². The van der Waals surface area contributed by atoms with Gasteiger partial charge in [-0.2, -0.15) is 0 Å². The van der Waals surface area contributed by atoms with Gasteiger partial charge < -0.3 is 10.5 Å². The van der Waals surface area contributed by atoms with E-state index in [2.05, 4.69) is 0 Å². The van der Waals surface area contributed by atoms with Gasteiger partial charge >= 0.3 is 5.97 Å². The van der Waals surface area contributed by atoms with Crippen LogP contribution in [-0.2, 0) is 19.6 Å². The van der Waals surface area contributed by atoms with E-state index in [4.69, 9.17) is 33.7 Å². The predicted octanol–water partition coefficient (Wildman–Crippen LogP) is 4.78. The van der Waals surface area contributed by atoms with Gasteiger partial charge in [0.1, 0.15) is 12.1 Å². The van der Waals surface area contributed by atoms with Crippen LogP contribution in [-0.4, -0.2) is 32.4 Å². The third-order valence-corrected chi connectivity index (χ3v) is 6.72. The van der Waals surface area contributed by atoms with Crippen LogP contribution in [0.5, 0.6) is 0 Å². The molecule has 0 aliphatic rings. The molecule has 3 aromatic carbocycles. The van der Waals surface area contributed by atoms with Gasteiger partial charge in [0.25, 0.3) is 10.0 Å². The topological polar surface area (TPSA) is 107 Å². The van der Waals surface area contributed by atoms with Gasteiger partial charge in [0.15, 0.2) is 0 Å². The normalized spacial score (nSPS) is 11.9. The molecular weight excluding hydrogens is 487 g/mol. The molecule has 3 aromatic rings. The van der Waals surface area contributed by atoms with E-state index in [-0.39, 0.29) is 20.6 Å². The zero-order chi connectivity index (χ0) is 24.6. The third-order valence-electron chi connectivity index (χ3n) is 4.53. The molecule has 0 radical (unpaired) electrons. The fraction of sp³-hybridized carbons (Fsp3) is 0.217. The minimum Gasteiger partial charge on any atom is -0.459 e. The minimum atomic E-state index is -4.27. The van der Waals surface area contributed by atoms with Crippen molar-refractivity contribution in [2.24, 2.45) is 5.73 Å². The number of carbonyl (C=O) groups is 2. The molecule has 0 spiro atoms. The Morgan fingerprint density at radius 2 is 1.64 bits per heavy atom. The van der Waals surface area contributed by atoms with Crippen LogP contribution in [0.2, 0.25) is 10.0 Å². The molecule has 0 aliphatic heterocycles. The Labute approximate surface area is 202 Å². The smallest absolute Gasteiger partial charge is 0.327 e. The van der Waals surface area contributed by atoms with E-state index in [1.165, 1.54) is 24.3 Å². The van der Waals surface area contributed by atoms with Crippen LogP contribution in [0, 0.1) is 0 Å². The fourth-order valence-electron chi connectivity index (χ4n) is 3.25. The van der Waals surface area contributed by atoms with Crippen LogP contribution in [0.15, 0.2) is 59.5 Å². The minimum absolute atomic E-state index is 0.128. The summed E-state index contributed by atoms with van der Waals surface area (Å²) < 4.78 is 33.4. The number of hydrogen-bond acceptors (Lipinski definition) is 5. The highest BCUT2D eigenvalue weighted by atomic mass is 35.5. The predicted molar refractivity (Wildman–Crippen MR) is 129 cm³/mol. The highest BCUT2D eigenvalue weighted by molar-refractivity contribution is 7.92. The van der Waals surface area contributed by atoms with Crippen LogP contribution in [0.25, 0.3) is 10.8 Å². The second kappa shape index (κ2) is 9.21. The number of carbonyl (C=O) groups excluding carboxylic acids is 2. The van der Waals surface area contributed by atoms with E-state index in [0.29, 0.717) is 16.3 Å². The number of fused-ring (bicyclic) bond motifs is 1. The number of ether oxygens (including phenoxy) is 1. The van der Waals surface area contributed by atoms with E-state index in [1.54, 1.807) is 51.1 Å². The number of primary amides is 1. The maximum atomic E-state index is 13.6. The number of nitrogens with two attached hydrogens (primary N) is 1. The number of rotatable bonds is 6. The lowest BCUT2D eigenvalue weighted by Crippen LogP contribution is -2.39. The zero-order valence-electron chi connectivity index (χ0n) is 18.1. The molecule has 0 aromatic heterocycles. The first-order valence-corrected chi connectivity index (χ1v) is 12.0. The van der Waals surface area contributed by atoms with E-state index in [9.17, 15) is 18.0 Å². The molecule has 0 fully saturated rings. The number of hydrogen-bond donors (Lipinski definition) is 1. The molecule has 0 bridgehead atoms. The van der Waals surface area contributed by atoms with Crippen LogP contribution >= 0.6 is 23.2 Å². The number of nitrogens with zero attached hydrogens (tertiary/aromatic N) is 1. The second-order valence-electron chi connectivity index (χ2n) is 8.28. The quantitative estimate of drug-likeness (QED) is 0.482. The maximum absolute atomic E-state index is 13.6. The Bertz CT molecular complexity index is 1330. The van der Waals surface area contributed by atoms with Gasteiger partial charge in [0.2, 0.25) is 5.91 Å². The van der Waals surface area contributed by atoms with Crippen molar-refractivity contribution in [3.05, 3.63) is 70.2 Å². The molecule has 0 unspecified atom stereocenters. The van der Waals surface area contributed by atoms with E-state index >= 15 is 0 Å². The van der Waals surface area contributed by atoms with Crippen molar-refractivity contribution in [1.29, 1.82) is 0 Å². The summed E-state index contributed by atoms with van der Waals surface area (Å²) in [5.41, 5.74) is 5.11. The molecule has 2 N–H and O–H groups in total. The summed E-state index contributed by atoms with van der Waals surface area (Å²) in [6, 6.07) is 13.4. The zero-order valence-corrected chi connectivity index (χ0v) is 20.5. The lowest BCUT2D eigenvalue weighted by atomic mass is 10.0. The van der Waals surface area contributed by atoms with Gasteiger partial charge in [-0.05, 0) is 67.9 Å². The first-order chi connectivity index (χ1) is 15.3. The molecular formula is C23H22Cl2N2O5S. The monoisotopic (exact) mass is 508 g/mol. The van der Waals surface area contributed by atoms with Crippen molar-refractivity contribution >= 4 is 61.6 Å².